The van der Waals surface area contributed by atoms with Gasteiger partial charge >= 0.3 is 31.3 Å². The van der Waals surface area contributed by atoms with Crippen molar-refractivity contribution in [3.8, 4) is 0 Å². The number of halogens is 6. The van der Waals surface area contributed by atoms with E-state index in [0.29, 0.717) is 7.11 Å². The second-order valence-corrected chi connectivity index (χ2v) is 5.68. The first-order valence-electron chi connectivity index (χ1n) is 3.95. The van der Waals surface area contributed by atoms with Gasteiger partial charge in [0.1, 0.15) is 0 Å². The fourth-order valence-corrected chi connectivity index (χ4v) is 0.949. The van der Waals surface area contributed by atoms with Crippen molar-refractivity contribution in [1.29, 1.82) is 0 Å². The highest BCUT2D eigenvalue weighted by Crippen LogP contribution is 2.24. The second kappa shape index (κ2) is 6.71. The van der Waals surface area contributed by atoms with E-state index in [0.717, 1.165) is 6.92 Å². The quantitative estimate of drug-likeness (QED) is 0.437. The molecule has 14 heteroatoms. The van der Waals surface area contributed by atoms with E-state index in [1.54, 1.807) is 0 Å². The highest BCUT2D eigenvalue weighted by molar-refractivity contribution is 7.87. The third-order valence-electron chi connectivity index (χ3n) is 1.06. The third-order valence-corrected chi connectivity index (χ3v) is 3.18. The molecular formula is C5H8F6O6S2. The van der Waals surface area contributed by atoms with Crippen LogP contribution in [0.1, 0.15) is 6.92 Å². The zero-order valence-corrected chi connectivity index (χ0v) is 10.9. The minimum atomic E-state index is -5.35. The highest BCUT2D eigenvalue weighted by atomic mass is 32.2. The van der Waals surface area contributed by atoms with Gasteiger partial charge in [0, 0.05) is 0 Å². The van der Waals surface area contributed by atoms with Crippen molar-refractivity contribution < 1.29 is 51.5 Å². The first-order valence-corrected chi connectivity index (χ1v) is 6.76. The predicted molar refractivity (Wildman–Crippen MR) is 48.6 cm³/mol. The maximum absolute atomic E-state index is 11.3. The summed E-state index contributed by atoms with van der Waals surface area (Å²) >= 11 is 0. The fourth-order valence-electron chi connectivity index (χ4n) is 0.316. The summed E-state index contributed by atoms with van der Waals surface area (Å²) in [5.41, 5.74) is -10.6. The molecule has 0 heterocycles. The normalized spacial score (nSPS) is 13.7. The van der Waals surface area contributed by atoms with Gasteiger partial charge in [0.25, 0.3) is 0 Å². The molecule has 0 aliphatic carbocycles. The van der Waals surface area contributed by atoms with Crippen LogP contribution in [-0.4, -0.2) is 41.6 Å². The molecule has 118 valence electrons. The minimum Gasteiger partial charge on any atom is -0.267 e. The zero-order chi connectivity index (χ0) is 16.1. The van der Waals surface area contributed by atoms with Crippen LogP contribution in [0.4, 0.5) is 26.3 Å². The zero-order valence-electron chi connectivity index (χ0n) is 9.24. The molecule has 0 N–H and O–H groups in total. The van der Waals surface area contributed by atoms with Crippen molar-refractivity contribution in [2.45, 2.75) is 17.9 Å². The molecule has 19 heavy (non-hydrogen) atoms. The molecule has 0 aliphatic heterocycles. The number of hydrogen-bond donors (Lipinski definition) is 0. The molecule has 0 fully saturated rings. The van der Waals surface area contributed by atoms with E-state index >= 15 is 0 Å². The van der Waals surface area contributed by atoms with Crippen LogP contribution < -0.4 is 0 Å². The standard InChI is InChI=1S/C3H5F3O3S.C2H3F3O3S/c1-2-9-10(7,8)3(4,5)6;1-8-9(6,7)2(3,4)5/h2H2,1H3;1H3. The van der Waals surface area contributed by atoms with E-state index in [2.05, 4.69) is 8.37 Å². The number of alkyl halides is 6. The monoisotopic (exact) mass is 342 g/mol. The largest absolute Gasteiger partial charge is 0.523 e. The summed E-state index contributed by atoms with van der Waals surface area (Å²) in [6.45, 7) is 0.644. The lowest BCUT2D eigenvalue weighted by atomic mass is 10.9. The molecule has 0 rings (SSSR count). The van der Waals surface area contributed by atoms with Gasteiger partial charge in [0.15, 0.2) is 0 Å². The summed E-state index contributed by atoms with van der Waals surface area (Å²) in [7, 11) is -10.2. The Hall–Kier alpha value is -0.600. The van der Waals surface area contributed by atoms with Crippen LogP contribution in [0.3, 0.4) is 0 Å². The van der Waals surface area contributed by atoms with Crippen LogP contribution in [0.15, 0.2) is 0 Å². The maximum atomic E-state index is 11.3. The average molecular weight is 342 g/mol. The summed E-state index contributed by atoms with van der Waals surface area (Å²) in [5, 5.41) is 0. The van der Waals surface area contributed by atoms with Crippen molar-refractivity contribution in [1.82, 2.24) is 0 Å². The smallest absolute Gasteiger partial charge is 0.267 e. The number of rotatable bonds is 3. The Bertz CT molecular complexity index is 459. The van der Waals surface area contributed by atoms with E-state index in [-0.39, 0.29) is 0 Å². The summed E-state index contributed by atoms with van der Waals surface area (Å²) in [6.07, 6.45) is 0. The molecule has 0 spiro atoms. The molecule has 0 atom stereocenters. The van der Waals surface area contributed by atoms with E-state index in [9.17, 15) is 43.2 Å². The second-order valence-electron chi connectivity index (χ2n) is 2.37. The maximum Gasteiger partial charge on any atom is 0.523 e. The lowest BCUT2D eigenvalue weighted by Crippen LogP contribution is -2.25. The Kier molecular flexibility index (Phi) is 7.32. The van der Waals surface area contributed by atoms with Crippen molar-refractivity contribution in [3.63, 3.8) is 0 Å². The van der Waals surface area contributed by atoms with Gasteiger partial charge in [-0.15, -0.1) is 0 Å². The SMILES string of the molecule is CCOS(=O)(=O)C(F)(F)F.COS(=O)(=O)C(F)(F)F. The molecule has 0 aliphatic rings. The van der Waals surface area contributed by atoms with E-state index in [1.165, 1.54) is 0 Å². The summed E-state index contributed by atoms with van der Waals surface area (Å²) in [4.78, 5) is 0. The van der Waals surface area contributed by atoms with Crippen LogP contribution >= 0.6 is 0 Å². The van der Waals surface area contributed by atoms with Crippen LogP contribution in [0.2, 0.25) is 0 Å². The van der Waals surface area contributed by atoms with Crippen LogP contribution in [0.25, 0.3) is 0 Å². The van der Waals surface area contributed by atoms with Gasteiger partial charge in [-0.3, -0.25) is 8.37 Å². The van der Waals surface area contributed by atoms with Gasteiger partial charge in [-0.25, -0.2) is 0 Å². The van der Waals surface area contributed by atoms with E-state index in [4.69, 9.17) is 0 Å². The van der Waals surface area contributed by atoms with Gasteiger partial charge in [0.2, 0.25) is 0 Å². The summed E-state index contributed by atoms with van der Waals surface area (Å²) in [5.74, 6) is 0. The Labute approximate surface area is 104 Å². The van der Waals surface area contributed by atoms with Crippen molar-refractivity contribution >= 4 is 20.2 Å². The first kappa shape index (κ1) is 20.7. The Morgan fingerprint density at radius 2 is 1.16 bits per heavy atom. The molecule has 0 radical (unpaired) electrons. The third kappa shape index (κ3) is 6.93. The molecule has 6 nitrogen and oxygen atoms in total. The topological polar surface area (TPSA) is 86.7 Å². The van der Waals surface area contributed by atoms with E-state index in [1.807, 2.05) is 0 Å². The minimum absolute atomic E-state index is 0.447. The molecule has 0 bridgehead atoms. The fraction of sp³-hybridized carbons (Fsp3) is 1.00. The van der Waals surface area contributed by atoms with Crippen molar-refractivity contribution in [2.75, 3.05) is 13.7 Å². The van der Waals surface area contributed by atoms with Crippen LogP contribution in [0, 0.1) is 0 Å². The molecule has 0 amide bonds. The molecule has 0 saturated heterocycles. The summed E-state index contributed by atoms with van der Waals surface area (Å²) in [6, 6.07) is 0. The van der Waals surface area contributed by atoms with Gasteiger partial charge < -0.3 is 0 Å². The van der Waals surface area contributed by atoms with Crippen LogP contribution in [-0.2, 0) is 28.6 Å². The highest BCUT2D eigenvalue weighted by Gasteiger charge is 2.47. The van der Waals surface area contributed by atoms with Gasteiger partial charge in [-0.2, -0.15) is 43.2 Å². The first-order chi connectivity index (χ1) is 8.12. The van der Waals surface area contributed by atoms with Gasteiger partial charge in [-0.1, -0.05) is 0 Å². The Morgan fingerprint density at radius 3 is 1.21 bits per heavy atom. The summed E-state index contributed by atoms with van der Waals surface area (Å²) < 4.78 is 113. The van der Waals surface area contributed by atoms with Gasteiger partial charge in [0.05, 0.1) is 13.7 Å². The lowest BCUT2D eigenvalue weighted by molar-refractivity contribution is -0.0540. The molecule has 0 saturated carbocycles. The Balaban J connectivity index is 0. The molecule has 0 aromatic carbocycles. The molecule has 0 aromatic heterocycles. The average Bonchev–Trinajstić information content (AvgIpc) is 2.15. The molecule has 0 unspecified atom stereocenters. The van der Waals surface area contributed by atoms with Crippen molar-refractivity contribution in [2.24, 2.45) is 0 Å². The van der Waals surface area contributed by atoms with E-state index < -0.39 is 37.9 Å². The van der Waals surface area contributed by atoms with Gasteiger partial charge in [-0.05, 0) is 6.92 Å². The lowest BCUT2D eigenvalue weighted by Gasteiger charge is -2.05. The Morgan fingerprint density at radius 1 is 0.842 bits per heavy atom. The molecular weight excluding hydrogens is 334 g/mol. The predicted octanol–water partition coefficient (Wildman–Crippen LogP) is 1.35. The van der Waals surface area contributed by atoms with Crippen LogP contribution in [0.5, 0.6) is 0 Å². The van der Waals surface area contributed by atoms with Crippen molar-refractivity contribution in [3.05, 3.63) is 0 Å². The molecule has 0 aromatic rings. The number of hydrogen-bond acceptors (Lipinski definition) is 6.